The molecule has 1 aromatic rings. The zero-order chi connectivity index (χ0) is 11.2. The molecule has 0 spiro atoms. The summed E-state index contributed by atoms with van der Waals surface area (Å²) < 4.78 is 5.64. The van der Waals surface area contributed by atoms with Crippen LogP contribution < -0.4 is 10.2 Å². The second-order valence-corrected chi connectivity index (χ2v) is 4.20. The maximum absolute atomic E-state index is 8.90. The number of benzene rings is 1. The first kappa shape index (κ1) is 11.5. The summed E-state index contributed by atoms with van der Waals surface area (Å²) in [5.41, 5.74) is 0.923. The lowest BCUT2D eigenvalue weighted by Crippen LogP contribution is -2.25. The van der Waals surface area contributed by atoms with Crippen LogP contribution in [-0.2, 0) is 0 Å². The normalized spacial score (nSPS) is 16.3. The lowest BCUT2D eigenvalue weighted by atomic mass is 9.89. The van der Waals surface area contributed by atoms with Crippen LogP contribution in [0.3, 0.4) is 0 Å². The predicted octanol–water partition coefficient (Wildman–Crippen LogP) is 0.130. The lowest BCUT2D eigenvalue weighted by Gasteiger charge is -2.14. The van der Waals surface area contributed by atoms with E-state index in [1.54, 1.807) is 0 Å². The highest BCUT2D eigenvalue weighted by atomic mass is 16.5. The van der Waals surface area contributed by atoms with E-state index in [1.807, 2.05) is 24.3 Å². The van der Waals surface area contributed by atoms with Crippen molar-refractivity contribution in [1.29, 1.82) is 0 Å². The van der Waals surface area contributed by atoms with Gasteiger partial charge in [-0.15, -0.1) is 0 Å². The van der Waals surface area contributed by atoms with E-state index in [4.69, 9.17) is 9.76 Å². The molecule has 1 heterocycles. The van der Waals surface area contributed by atoms with Gasteiger partial charge in [-0.25, -0.2) is 0 Å². The van der Waals surface area contributed by atoms with Crippen LogP contribution in [0, 0.1) is 0 Å². The quantitative estimate of drug-likeness (QED) is 0.714. The van der Waals surface area contributed by atoms with Crippen molar-refractivity contribution >= 4 is 12.9 Å². The lowest BCUT2D eigenvalue weighted by molar-refractivity contribution is 0.238. The van der Waals surface area contributed by atoms with Crippen molar-refractivity contribution in [2.24, 2.45) is 0 Å². The predicted molar refractivity (Wildman–Crippen MR) is 66.6 cm³/mol. The average molecular weight is 219 g/mol. The number of rotatable bonds is 5. The topological polar surface area (TPSA) is 32.7 Å². The second-order valence-electron chi connectivity index (χ2n) is 4.20. The maximum atomic E-state index is 8.90. The third kappa shape index (κ3) is 3.25. The standard InChI is InChI=1S/C12H18BNO2/c15-13-11-3-5-12(6-4-11)16-10-9-14-7-1-2-8-14/h3-6,13,15H,1-2,7-10H2. The summed E-state index contributed by atoms with van der Waals surface area (Å²) in [6, 6.07) is 7.61. The minimum absolute atomic E-state index is 0.0913. The summed E-state index contributed by atoms with van der Waals surface area (Å²) in [5.74, 6) is 0.886. The van der Waals surface area contributed by atoms with Gasteiger partial charge in [-0.05, 0) is 38.1 Å². The van der Waals surface area contributed by atoms with Crippen molar-refractivity contribution in [2.75, 3.05) is 26.2 Å². The molecule has 1 fully saturated rings. The van der Waals surface area contributed by atoms with Gasteiger partial charge in [0.15, 0.2) is 0 Å². The zero-order valence-electron chi connectivity index (χ0n) is 9.56. The fourth-order valence-corrected chi connectivity index (χ4v) is 1.99. The van der Waals surface area contributed by atoms with E-state index in [1.165, 1.54) is 25.9 Å². The van der Waals surface area contributed by atoms with Gasteiger partial charge in [0.2, 0.25) is 0 Å². The van der Waals surface area contributed by atoms with Crippen molar-refractivity contribution in [2.45, 2.75) is 12.8 Å². The second kappa shape index (κ2) is 5.92. The van der Waals surface area contributed by atoms with Gasteiger partial charge >= 0.3 is 7.48 Å². The van der Waals surface area contributed by atoms with E-state index >= 15 is 0 Å². The molecule has 1 N–H and O–H groups in total. The molecule has 16 heavy (non-hydrogen) atoms. The van der Waals surface area contributed by atoms with Crippen LogP contribution in [0.4, 0.5) is 0 Å². The van der Waals surface area contributed by atoms with Crippen molar-refractivity contribution in [3.05, 3.63) is 24.3 Å². The molecule has 1 saturated heterocycles. The van der Waals surface area contributed by atoms with Crippen LogP contribution in [0.2, 0.25) is 0 Å². The Morgan fingerprint density at radius 2 is 1.88 bits per heavy atom. The van der Waals surface area contributed by atoms with E-state index in [0.717, 1.165) is 24.4 Å². The van der Waals surface area contributed by atoms with Crippen LogP contribution in [-0.4, -0.2) is 43.6 Å². The Balaban J connectivity index is 1.71. The van der Waals surface area contributed by atoms with E-state index in [2.05, 4.69) is 4.90 Å². The Morgan fingerprint density at radius 1 is 1.19 bits per heavy atom. The number of nitrogens with zero attached hydrogens (tertiary/aromatic N) is 1. The molecule has 0 saturated carbocycles. The summed E-state index contributed by atoms with van der Waals surface area (Å²) in [6.07, 6.45) is 2.65. The highest BCUT2D eigenvalue weighted by Gasteiger charge is 2.10. The SMILES string of the molecule is OBc1ccc(OCCN2CCCC2)cc1. The molecule has 1 aliphatic rings. The summed E-state index contributed by atoms with van der Waals surface area (Å²) in [5, 5.41) is 8.90. The Kier molecular flexibility index (Phi) is 4.25. The molecule has 0 bridgehead atoms. The largest absolute Gasteiger partial charge is 0.492 e. The third-order valence-electron chi connectivity index (χ3n) is 2.98. The van der Waals surface area contributed by atoms with Crippen molar-refractivity contribution in [1.82, 2.24) is 4.90 Å². The van der Waals surface area contributed by atoms with Crippen LogP contribution in [0.15, 0.2) is 24.3 Å². The number of hydrogen-bond donors (Lipinski definition) is 1. The molecule has 4 heteroatoms. The highest BCUT2D eigenvalue weighted by Crippen LogP contribution is 2.09. The molecule has 0 aromatic heterocycles. The van der Waals surface area contributed by atoms with Gasteiger partial charge in [-0.3, -0.25) is 4.90 Å². The van der Waals surface area contributed by atoms with Gasteiger partial charge in [-0.1, -0.05) is 17.6 Å². The molecule has 86 valence electrons. The molecule has 0 aliphatic carbocycles. The minimum Gasteiger partial charge on any atom is -0.492 e. The Morgan fingerprint density at radius 3 is 2.50 bits per heavy atom. The van der Waals surface area contributed by atoms with Gasteiger partial charge in [0.05, 0.1) is 0 Å². The summed E-state index contributed by atoms with van der Waals surface area (Å²) in [4.78, 5) is 2.43. The van der Waals surface area contributed by atoms with Crippen molar-refractivity contribution < 1.29 is 9.76 Å². The molecule has 0 amide bonds. The zero-order valence-corrected chi connectivity index (χ0v) is 9.56. The maximum Gasteiger partial charge on any atom is 0.304 e. The van der Waals surface area contributed by atoms with Gasteiger partial charge in [0, 0.05) is 6.54 Å². The van der Waals surface area contributed by atoms with Crippen molar-refractivity contribution in [3.8, 4) is 5.75 Å². The van der Waals surface area contributed by atoms with Crippen LogP contribution in [0.25, 0.3) is 0 Å². The van der Waals surface area contributed by atoms with E-state index in [-0.39, 0.29) is 7.48 Å². The first-order valence-corrected chi connectivity index (χ1v) is 5.93. The Bertz CT molecular complexity index is 309. The third-order valence-corrected chi connectivity index (χ3v) is 2.98. The molecule has 0 radical (unpaired) electrons. The number of hydrogen-bond acceptors (Lipinski definition) is 3. The van der Waals surface area contributed by atoms with E-state index in [9.17, 15) is 0 Å². The average Bonchev–Trinajstić information content (AvgIpc) is 2.83. The van der Waals surface area contributed by atoms with Crippen molar-refractivity contribution in [3.63, 3.8) is 0 Å². The highest BCUT2D eigenvalue weighted by molar-refractivity contribution is 6.45. The van der Waals surface area contributed by atoms with Gasteiger partial charge in [-0.2, -0.15) is 0 Å². The fourth-order valence-electron chi connectivity index (χ4n) is 1.99. The molecule has 1 aromatic carbocycles. The molecule has 2 rings (SSSR count). The summed E-state index contributed by atoms with van der Waals surface area (Å²) in [7, 11) is 0.0913. The molecule has 0 atom stereocenters. The summed E-state index contributed by atoms with van der Waals surface area (Å²) in [6.45, 7) is 4.19. The van der Waals surface area contributed by atoms with E-state index in [0.29, 0.717) is 0 Å². The number of ether oxygens (including phenoxy) is 1. The van der Waals surface area contributed by atoms with Gasteiger partial charge in [0.25, 0.3) is 0 Å². The Hall–Kier alpha value is -0.995. The van der Waals surface area contributed by atoms with E-state index < -0.39 is 0 Å². The first-order chi connectivity index (χ1) is 7.88. The summed E-state index contributed by atoms with van der Waals surface area (Å²) >= 11 is 0. The molecule has 3 nitrogen and oxygen atoms in total. The number of likely N-dealkylation sites (tertiary alicyclic amines) is 1. The van der Waals surface area contributed by atoms with Crippen LogP contribution >= 0.6 is 0 Å². The molecule has 0 unspecified atom stereocenters. The van der Waals surface area contributed by atoms with Crippen LogP contribution in [0.5, 0.6) is 5.75 Å². The fraction of sp³-hybridized carbons (Fsp3) is 0.500. The van der Waals surface area contributed by atoms with Gasteiger partial charge in [0.1, 0.15) is 12.4 Å². The van der Waals surface area contributed by atoms with Gasteiger partial charge < -0.3 is 9.76 Å². The minimum atomic E-state index is 0.0913. The Labute approximate surface area is 97.3 Å². The monoisotopic (exact) mass is 219 g/mol. The first-order valence-electron chi connectivity index (χ1n) is 5.93. The molecular weight excluding hydrogens is 201 g/mol. The van der Waals surface area contributed by atoms with Crippen LogP contribution in [0.1, 0.15) is 12.8 Å². The molecule has 1 aliphatic heterocycles. The smallest absolute Gasteiger partial charge is 0.304 e. The molecular formula is C12H18BNO2.